The third-order valence-electron chi connectivity index (χ3n) is 6.10. The molecule has 0 spiro atoms. The molecule has 1 unspecified atom stereocenters. The van der Waals surface area contributed by atoms with E-state index in [1.165, 1.54) is 5.56 Å². The molecule has 0 aliphatic heterocycles. The lowest BCUT2D eigenvalue weighted by Crippen LogP contribution is -2.41. The fraction of sp³-hybridized carbons (Fsp3) is 0.240. The second-order valence-electron chi connectivity index (χ2n) is 7.92. The third-order valence-corrected chi connectivity index (χ3v) is 6.10. The first-order valence-electron chi connectivity index (χ1n) is 9.72. The predicted octanol–water partition coefficient (Wildman–Crippen LogP) is 3.98. The van der Waals surface area contributed by atoms with E-state index in [1.807, 2.05) is 54.6 Å². The molecule has 2 N–H and O–H groups in total. The van der Waals surface area contributed by atoms with Gasteiger partial charge >= 0.3 is 0 Å². The van der Waals surface area contributed by atoms with Crippen molar-refractivity contribution in [3.63, 3.8) is 0 Å². The van der Waals surface area contributed by atoms with Crippen LogP contribution in [0.25, 0.3) is 0 Å². The van der Waals surface area contributed by atoms with E-state index < -0.39 is 5.41 Å². The Hall–Kier alpha value is -2.91. The predicted molar refractivity (Wildman–Crippen MR) is 113 cm³/mol. The Morgan fingerprint density at radius 1 is 0.857 bits per heavy atom. The highest BCUT2D eigenvalue weighted by atomic mass is 16.1. The minimum atomic E-state index is -0.612. The van der Waals surface area contributed by atoms with Crippen LogP contribution in [-0.2, 0) is 16.8 Å². The van der Waals surface area contributed by atoms with Crippen LogP contribution in [0.15, 0.2) is 91.0 Å². The van der Waals surface area contributed by atoms with Gasteiger partial charge < -0.3 is 10.6 Å². The number of primary amides is 1. The van der Waals surface area contributed by atoms with Crippen LogP contribution in [0.3, 0.4) is 0 Å². The zero-order valence-corrected chi connectivity index (χ0v) is 16.2. The molecule has 142 valence electrons. The Balaban J connectivity index is 1.71. The normalized spacial score (nSPS) is 20.1. The summed E-state index contributed by atoms with van der Waals surface area (Å²) in [7, 11) is 2.07. The number of rotatable bonds is 7. The molecular formula is C25H26N2O. The fourth-order valence-electron chi connectivity index (χ4n) is 4.76. The number of amides is 1. The van der Waals surface area contributed by atoms with E-state index in [-0.39, 0.29) is 11.3 Å². The first-order valence-corrected chi connectivity index (χ1v) is 9.72. The second-order valence-corrected chi connectivity index (χ2v) is 7.92. The topological polar surface area (TPSA) is 46.3 Å². The van der Waals surface area contributed by atoms with Crippen LogP contribution in [0.5, 0.6) is 0 Å². The van der Waals surface area contributed by atoms with E-state index in [2.05, 4.69) is 48.3 Å². The number of hydrogen-bond acceptors (Lipinski definition) is 2. The van der Waals surface area contributed by atoms with Crippen molar-refractivity contribution in [1.82, 2.24) is 4.90 Å². The molecule has 0 aromatic heterocycles. The van der Waals surface area contributed by atoms with E-state index in [1.54, 1.807) is 0 Å². The van der Waals surface area contributed by atoms with Gasteiger partial charge in [0.1, 0.15) is 0 Å². The largest absolute Gasteiger partial charge is 0.369 e. The lowest BCUT2D eigenvalue weighted by atomic mass is 9.79. The summed E-state index contributed by atoms with van der Waals surface area (Å²) < 4.78 is 0. The van der Waals surface area contributed by atoms with Crippen LogP contribution >= 0.6 is 0 Å². The zero-order valence-electron chi connectivity index (χ0n) is 16.2. The van der Waals surface area contributed by atoms with Gasteiger partial charge in [-0.2, -0.15) is 0 Å². The van der Waals surface area contributed by atoms with Crippen molar-refractivity contribution in [3.05, 3.63) is 108 Å². The third kappa shape index (κ3) is 3.02. The number of carbonyl (C=O) groups is 1. The fourth-order valence-corrected chi connectivity index (χ4v) is 4.76. The number of benzene rings is 3. The SMILES string of the molecule is CN(Cc1ccccc1)CC1(C(N)=O)CC1(c1ccccc1)c1ccccc1. The minimum Gasteiger partial charge on any atom is -0.369 e. The molecule has 1 atom stereocenters. The summed E-state index contributed by atoms with van der Waals surface area (Å²) in [5, 5.41) is 0. The van der Waals surface area contributed by atoms with Crippen molar-refractivity contribution in [2.75, 3.05) is 13.6 Å². The van der Waals surface area contributed by atoms with Gasteiger partial charge in [0, 0.05) is 18.5 Å². The van der Waals surface area contributed by atoms with Gasteiger partial charge in [0.2, 0.25) is 5.91 Å². The molecule has 3 aromatic carbocycles. The smallest absolute Gasteiger partial charge is 0.226 e. The van der Waals surface area contributed by atoms with Crippen molar-refractivity contribution >= 4 is 5.91 Å². The molecule has 3 aromatic rings. The summed E-state index contributed by atoms with van der Waals surface area (Å²) in [5.74, 6) is -0.222. The van der Waals surface area contributed by atoms with Crippen LogP contribution < -0.4 is 5.73 Å². The Morgan fingerprint density at radius 3 is 1.79 bits per heavy atom. The summed E-state index contributed by atoms with van der Waals surface area (Å²) in [6.07, 6.45) is 0.739. The maximum Gasteiger partial charge on any atom is 0.226 e. The molecule has 3 nitrogen and oxygen atoms in total. The summed E-state index contributed by atoms with van der Waals surface area (Å²) in [6.45, 7) is 1.41. The van der Waals surface area contributed by atoms with Gasteiger partial charge in [-0.05, 0) is 30.2 Å². The van der Waals surface area contributed by atoms with E-state index in [4.69, 9.17) is 5.73 Å². The van der Waals surface area contributed by atoms with Crippen LogP contribution in [0, 0.1) is 5.41 Å². The molecule has 4 rings (SSSR count). The van der Waals surface area contributed by atoms with E-state index in [9.17, 15) is 4.79 Å². The average Bonchev–Trinajstić information content (AvgIpc) is 3.41. The Labute approximate surface area is 166 Å². The Kier molecular flexibility index (Phi) is 4.78. The highest BCUT2D eigenvalue weighted by Gasteiger charge is 2.72. The van der Waals surface area contributed by atoms with Gasteiger partial charge in [0.25, 0.3) is 0 Å². The van der Waals surface area contributed by atoms with Gasteiger partial charge in [-0.25, -0.2) is 0 Å². The van der Waals surface area contributed by atoms with Crippen molar-refractivity contribution < 1.29 is 4.79 Å². The molecule has 1 saturated carbocycles. The lowest BCUT2D eigenvalue weighted by molar-refractivity contribution is -0.124. The molecule has 0 radical (unpaired) electrons. The van der Waals surface area contributed by atoms with E-state index >= 15 is 0 Å². The number of carbonyl (C=O) groups excluding carboxylic acids is 1. The zero-order chi connectivity index (χ0) is 19.6. The molecule has 0 bridgehead atoms. The number of nitrogens with zero attached hydrogens (tertiary/aromatic N) is 1. The molecule has 0 heterocycles. The maximum absolute atomic E-state index is 12.8. The molecule has 1 aliphatic rings. The van der Waals surface area contributed by atoms with Crippen LogP contribution in [0.4, 0.5) is 0 Å². The summed E-state index contributed by atoms with van der Waals surface area (Å²) >= 11 is 0. The minimum absolute atomic E-state index is 0.222. The summed E-state index contributed by atoms with van der Waals surface area (Å²) in [4.78, 5) is 15.0. The Morgan fingerprint density at radius 2 is 1.32 bits per heavy atom. The van der Waals surface area contributed by atoms with Crippen LogP contribution in [0.1, 0.15) is 23.1 Å². The van der Waals surface area contributed by atoms with E-state index in [0.717, 1.165) is 24.1 Å². The monoisotopic (exact) mass is 370 g/mol. The average molecular weight is 370 g/mol. The molecule has 28 heavy (non-hydrogen) atoms. The van der Waals surface area contributed by atoms with Crippen molar-refractivity contribution in [2.24, 2.45) is 11.1 Å². The van der Waals surface area contributed by atoms with Crippen LogP contribution in [-0.4, -0.2) is 24.4 Å². The van der Waals surface area contributed by atoms with E-state index in [0.29, 0.717) is 6.54 Å². The molecule has 1 aliphatic carbocycles. The standard InChI is InChI=1S/C25H26N2O/c1-27(17-20-11-5-2-6-12-20)19-24(23(26)28)18-25(24,21-13-7-3-8-14-21)22-15-9-4-10-16-22/h2-16H,17-19H2,1H3,(H2,26,28). The first-order chi connectivity index (χ1) is 13.6. The molecular weight excluding hydrogens is 344 g/mol. The van der Waals surface area contributed by atoms with Crippen LogP contribution in [0.2, 0.25) is 0 Å². The molecule has 1 amide bonds. The first kappa shape index (κ1) is 18.5. The quantitative estimate of drug-likeness (QED) is 0.684. The molecule has 0 saturated heterocycles. The van der Waals surface area contributed by atoms with Gasteiger partial charge in [-0.3, -0.25) is 4.79 Å². The second kappa shape index (κ2) is 7.25. The number of nitrogens with two attached hydrogens (primary N) is 1. The Bertz CT molecular complexity index is 901. The summed E-state index contributed by atoms with van der Waals surface area (Å²) in [5.41, 5.74) is 8.63. The van der Waals surface area contributed by atoms with Gasteiger partial charge in [-0.15, -0.1) is 0 Å². The maximum atomic E-state index is 12.8. The van der Waals surface area contributed by atoms with Gasteiger partial charge in [0.05, 0.1) is 5.41 Å². The molecule has 1 fully saturated rings. The highest BCUT2D eigenvalue weighted by molar-refractivity contribution is 5.89. The van der Waals surface area contributed by atoms with Gasteiger partial charge in [0.15, 0.2) is 0 Å². The van der Waals surface area contributed by atoms with Crippen molar-refractivity contribution in [1.29, 1.82) is 0 Å². The lowest BCUT2D eigenvalue weighted by Gasteiger charge is -2.29. The highest BCUT2D eigenvalue weighted by Crippen LogP contribution is 2.68. The van der Waals surface area contributed by atoms with Crippen molar-refractivity contribution in [2.45, 2.75) is 18.4 Å². The van der Waals surface area contributed by atoms with Gasteiger partial charge in [-0.1, -0.05) is 91.0 Å². The number of hydrogen-bond donors (Lipinski definition) is 1. The molecule has 3 heteroatoms. The van der Waals surface area contributed by atoms with Crippen molar-refractivity contribution in [3.8, 4) is 0 Å². The summed E-state index contributed by atoms with van der Waals surface area (Å²) in [6, 6.07) is 31.0.